The molecule has 0 spiro atoms. The van der Waals surface area contributed by atoms with Crippen molar-refractivity contribution in [1.82, 2.24) is 9.78 Å². The highest BCUT2D eigenvalue weighted by Crippen LogP contribution is 2.39. The summed E-state index contributed by atoms with van der Waals surface area (Å²) in [5.74, 6) is -1.85. The third kappa shape index (κ3) is 6.54. The lowest BCUT2D eigenvalue weighted by atomic mass is 9.98. The number of carbonyl (C=O) groups excluding carboxylic acids is 2. The van der Waals surface area contributed by atoms with Crippen molar-refractivity contribution in [1.29, 1.82) is 0 Å². The first kappa shape index (κ1) is 24.6. The molecule has 0 aliphatic carbocycles. The Kier molecular flexibility index (Phi) is 8.79. The highest BCUT2D eigenvalue weighted by molar-refractivity contribution is 6.33. The molecule has 1 heterocycles. The molecule has 2 aromatic rings. The van der Waals surface area contributed by atoms with E-state index in [0.29, 0.717) is 22.8 Å². The molecular formula is C18H18ClF5N2O3. The molecule has 1 atom stereocenters. The van der Waals surface area contributed by atoms with Crippen LogP contribution in [0.4, 0.5) is 22.0 Å². The number of nitrogens with zero attached hydrogens (tertiary/aromatic N) is 2. The third-order valence-electron chi connectivity index (χ3n) is 4.01. The summed E-state index contributed by atoms with van der Waals surface area (Å²) < 4.78 is 69.9. The molecule has 2 rings (SSSR count). The van der Waals surface area contributed by atoms with Crippen LogP contribution in [0.25, 0.3) is 11.3 Å². The SMILES string of the molecule is CCc1nn(C)c(-c2ccc(C[C@@H](C)C(F)(F)F)cc2OC(F)F)c1Cl.O=C=O. The van der Waals surface area contributed by atoms with Gasteiger partial charge in [0.05, 0.1) is 22.3 Å². The van der Waals surface area contributed by atoms with Crippen molar-refractivity contribution >= 4 is 17.8 Å². The highest BCUT2D eigenvalue weighted by Gasteiger charge is 2.36. The number of hydrogen-bond acceptors (Lipinski definition) is 4. The largest absolute Gasteiger partial charge is 0.434 e. The van der Waals surface area contributed by atoms with E-state index in [9.17, 15) is 22.0 Å². The van der Waals surface area contributed by atoms with Gasteiger partial charge in [0, 0.05) is 12.6 Å². The fourth-order valence-electron chi connectivity index (χ4n) is 2.62. The van der Waals surface area contributed by atoms with Crippen molar-refractivity contribution in [2.45, 2.75) is 39.5 Å². The number of aryl methyl sites for hydroxylation is 2. The van der Waals surface area contributed by atoms with E-state index in [1.165, 1.54) is 22.9 Å². The van der Waals surface area contributed by atoms with Crippen LogP contribution in [0, 0.1) is 5.92 Å². The summed E-state index contributed by atoms with van der Waals surface area (Å²) in [7, 11) is 1.60. The molecule has 29 heavy (non-hydrogen) atoms. The molecule has 5 nitrogen and oxygen atoms in total. The lowest BCUT2D eigenvalue weighted by molar-refractivity contribution is -0.191. The van der Waals surface area contributed by atoms with E-state index in [4.69, 9.17) is 21.2 Å². The first-order valence-electron chi connectivity index (χ1n) is 8.31. The van der Waals surface area contributed by atoms with Gasteiger partial charge in [0.1, 0.15) is 5.75 Å². The predicted octanol–water partition coefficient (Wildman–Crippen LogP) is 5.06. The van der Waals surface area contributed by atoms with Crippen LogP contribution in [0.5, 0.6) is 5.75 Å². The van der Waals surface area contributed by atoms with Crippen LogP contribution in [0.15, 0.2) is 18.2 Å². The Morgan fingerprint density at radius 1 is 1.28 bits per heavy atom. The molecule has 0 N–H and O–H groups in total. The molecular weight excluding hydrogens is 423 g/mol. The van der Waals surface area contributed by atoms with Crippen molar-refractivity contribution in [3.63, 3.8) is 0 Å². The van der Waals surface area contributed by atoms with E-state index in [1.54, 1.807) is 7.05 Å². The zero-order chi connectivity index (χ0) is 22.4. The number of alkyl halides is 5. The lowest BCUT2D eigenvalue weighted by Crippen LogP contribution is -2.21. The van der Waals surface area contributed by atoms with Gasteiger partial charge in [-0.25, -0.2) is 0 Å². The number of rotatable bonds is 6. The van der Waals surface area contributed by atoms with Gasteiger partial charge in [-0.05, 0) is 30.5 Å². The second-order valence-electron chi connectivity index (χ2n) is 6.03. The molecule has 0 saturated heterocycles. The minimum Gasteiger partial charge on any atom is -0.434 e. The Balaban J connectivity index is 0.00000132. The van der Waals surface area contributed by atoms with Gasteiger partial charge in [-0.2, -0.15) is 36.6 Å². The summed E-state index contributed by atoms with van der Waals surface area (Å²) >= 11 is 6.28. The maximum absolute atomic E-state index is 12.8. The van der Waals surface area contributed by atoms with Crippen LogP contribution in [-0.4, -0.2) is 28.7 Å². The van der Waals surface area contributed by atoms with Crippen molar-refractivity contribution in [2.24, 2.45) is 13.0 Å². The Morgan fingerprint density at radius 3 is 2.31 bits per heavy atom. The standard InChI is InChI=1S/C17H18ClF5N2O.CO2/c1-4-12-14(18)15(25(3)24-12)11-6-5-10(7-9(2)17(21,22)23)8-13(11)26-16(19)20;2-1-3/h5-6,8-9,16H,4,7H2,1-3H3;/t9-;/m1./s1. The van der Waals surface area contributed by atoms with E-state index >= 15 is 0 Å². The molecule has 0 bridgehead atoms. The second-order valence-corrected chi connectivity index (χ2v) is 6.40. The Labute approximate surface area is 168 Å². The molecule has 0 radical (unpaired) electrons. The molecule has 1 aromatic carbocycles. The maximum Gasteiger partial charge on any atom is 0.391 e. The summed E-state index contributed by atoms with van der Waals surface area (Å²) in [5.41, 5.74) is 1.44. The van der Waals surface area contributed by atoms with Crippen molar-refractivity contribution in [3.05, 3.63) is 34.5 Å². The third-order valence-corrected chi connectivity index (χ3v) is 4.41. The average Bonchev–Trinajstić information content (AvgIpc) is 2.88. The fraction of sp³-hybridized carbons (Fsp3) is 0.444. The van der Waals surface area contributed by atoms with Gasteiger partial charge in [-0.1, -0.05) is 31.5 Å². The van der Waals surface area contributed by atoms with Crippen LogP contribution in [0.1, 0.15) is 25.1 Å². The van der Waals surface area contributed by atoms with E-state index in [-0.39, 0.29) is 29.4 Å². The molecule has 0 amide bonds. The predicted molar refractivity (Wildman–Crippen MR) is 93.6 cm³/mol. The summed E-state index contributed by atoms with van der Waals surface area (Å²) in [4.78, 5) is 16.2. The normalized spacial score (nSPS) is 12.2. The highest BCUT2D eigenvalue weighted by atomic mass is 35.5. The Hall–Kier alpha value is -2.45. The summed E-state index contributed by atoms with van der Waals surface area (Å²) in [6.45, 7) is -0.245. The monoisotopic (exact) mass is 440 g/mol. The smallest absolute Gasteiger partial charge is 0.391 e. The molecule has 0 unspecified atom stereocenters. The fourth-order valence-corrected chi connectivity index (χ4v) is 3.02. The summed E-state index contributed by atoms with van der Waals surface area (Å²) in [6.07, 6.45) is -3.93. The van der Waals surface area contributed by atoms with Crippen molar-refractivity contribution in [2.75, 3.05) is 0 Å². The summed E-state index contributed by atoms with van der Waals surface area (Å²) in [5, 5.41) is 4.52. The van der Waals surface area contributed by atoms with Gasteiger partial charge in [-0.15, -0.1) is 0 Å². The number of ether oxygens (including phenoxy) is 1. The number of benzene rings is 1. The first-order chi connectivity index (χ1) is 13.5. The average molecular weight is 441 g/mol. The molecule has 0 saturated carbocycles. The molecule has 0 aliphatic rings. The molecule has 160 valence electrons. The van der Waals surface area contributed by atoms with Crippen molar-refractivity contribution < 1.29 is 36.3 Å². The number of hydrogen-bond donors (Lipinski definition) is 0. The molecule has 0 fully saturated rings. The molecule has 1 aromatic heterocycles. The summed E-state index contributed by atoms with van der Waals surface area (Å²) in [6, 6.07) is 4.07. The number of halogens is 6. The topological polar surface area (TPSA) is 61.2 Å². The van der Waals surface area contributed by atoms with E-state index in [1.807, 2.05) is 6.92 Å². The maximum atomic E-state index is 12.8. The minimum atomic E-state index is -4.37. The van der Waals surface area contributed by atoms with Gasteiger partial charge >= 0.3 is 18.9 Å². The van der Waals surface area contributed by atoms with E-state index in [2.05, 4.69) is 9.84 Å². The van der Waals surface area contributed by atoms with Gasteiger partial charge in [0.2, 0.25) is 0 Å². The van der Waals surface area contributed by atoms with Gasteiger partial charge in [0.25, 0.3) is 0 Å². The van der Waals surface area contributed by atoms with E-state index < -0.39 is 18.7 Å². The van der Waals surface area contributed by atoms with Crippen LogP contribution in [0.3, 0.4) is 0 Å². The second kappa shape index (κ2) is 10.4. The zero-order valence-electron chi connectivity index (χ0n) is 15.7. The van der Waals surface area contributed by atoms with Crippen LogP contribution < -0.4 is 4.74 Å². The molecule has 0 aliphatic heterocycles. The van der Waals surface area contributed by atoms with Crippen LogP contribution >= 0.6 is 11.6 Å². The molecule has 11 heteroatoms. The first-order valence-corrected chi connectivity index (χ1v) is 8.69. The number of aromatic nitrogens is 2. The van der Waals surface area contributed by atoms with Crippen LogP contribution in [-0.2, 0) is 29.5 Å². The minimum absolute atomic E-state index is 0.237. The Bertz CT molecular complexity index is 862. The Morgan fingerprint density at radius 2 is 1.86 bits per heavy atom. The zero-order valence-corrected chi connectivity index (χ0v) is 16.4. The lowest BCUT2D eigenvalue weighted by Gasteiger charge is -2.17. The van der Waals surface area contributed by atoms with Crippen molar-refractivity contribution in [3.8, 4) is 17.0 Å². The van der Waals surface area contributed by atoms with Gasteiger partial charge < -0.3 is 4.74 Å². The quantitative estimate of drug-likeness (QED) is 0.589. The van der Waals surface area contributed by atoms with Gasteiger partial charge in [0.15, 0.2) is 0 Å². The van der Waals surface area contributed by atoms with E-state index in [0.717, 1.165) is 6.92 Å². The van der Waals surface area contributed by atoms with Gasteiger partial charge in [-0.3, -0.25) is 4.68 Å². The van der Waals surface area contributed by atoms with Crippen LogP contribution in [0.2, 0.25) is 5.02 Å².